The van der Waals surface area contributed by atoms with Gasteiger partial charge in [0.05, 0.1) is 13.2 Å². The third kappa shape index (κ3) is 3.41. The third-order valence-corrected chi connectivity index (χ3v) is 1.30. The Morgan fingerprint density at radius 3 is 2.91 bits per heavy atom. The maximum absolute atomic E-state index is 10.8. The smallest absolute Gasteiger partial charge is 0.323 e. The van der Waals surface area contributed by atoms with Crippen molar-refractivity contribution in [3.63, 3.8) is 0 Å². The number of nitrogens with zero attached hydrogens (tertiary/aromatic N) is 1. The Labute approximate surface area is 66.3 Å². The molecule has 0 aliphatic rings. The van der Waals surface area contributed by atoms with Crippen molar-refractivity contribution in [2.75, 3.05) is 7.11 Å². The van der Waals surface area contributed by atoms with E-state index in [1.807, 2.05) is 6.07 Å². The molecule has 3 heteroatoms. The van der Waals surface area contributed by atoms with Crippen molar-refractivity contribution >= 4 is 5.97 Å². The summed E-state index contributed by atoms with van der Waals surface area (Å²) >= 11 is 0. The highest BCUT2D eigenvalue weighted by Gasteiger charge is 2.16. The summed E-state index contributed by atoms with van der Waals surface area (Å²) < 4.78 is 4.40. The fourth-order valence-electron chi connectivity index (χ4n) is 0.662. The van der Waals surface area contributed by atoms with Crippen LogP contribution in [0.5, 0.6) is 0 Å². The fraction of sp³-hybridized carbons (Fsp3) is 0.500. The van der Waals surface area contributed by atoms with Gasteiger partial charge in [0.15, 0.2) is 0 Å². The van der Waals surface area contributed by atoms with Gasteiger partial charge >= 0.3 is 5.97 Å². The average Bonchev–Trinajstić information content (AvgIpc) is 2.05. The highest BCUT2D eigenvalue weighted by molar-refractivity contribution is 5.74. The Kier molecular flexibility index (Phi) is 4.83. The Bertz CT molecular complexity index is 181. The highest BCUT2D eigenvalue weighted by Crippen LogP contribution is 2.06. The number of carbonyl (C=O) groups is 1. The maximum atomic E-state index is 10.8. The molecule has 1 atom stereocenters. The lowest BCUT2D eigenvalue weighted by Crippen LogP contribution is -2.13. The van der Waals surface area contributed by atoms with Gasteiger partial charge in [-0.25, -0.2) is 0 Å². The SMILES string of the molecule is C=CCCC(C#N)C(=O)OC. The van der Waals surface area contributed by atoms with Gasteiger partial charge in [0, 0.05) is 0 Å². The average molecular weight is 153 g/mol. The van der Waals surface area contributed by atoms with E-state index in [0.29, 0.717) is 12.8 Å². The summed E-state index contributed by atoms with van der Waals surface area (Å²) in [6, 6.07) is 1.87. The molecule has 0 heterocycles. The van der Waals surface area contributed by atoms with Crippen LogP contribution in [-0.4, -0.2) is 13.1 Å². The predicted molar refractivity (Wildman–Crippen MR) is 40.6 cm³/mol. The topological polar surface area (TPSA) is 50.1 Å². The van der Waals surface area contributed by atoms with Gasteiger partial charge in [0.25, 0.3) is 0 Å². The van der Waals surface area contributed by atoms with Crippen molar-refractivity contribution in [2.45, 2.75) is 12.8 Å². The molecule has 0 aliphatic heterocycles. The summed E-state index contributed by atoms with van der Waals surface area (Å²) in [5.41, 5.74) is 0. The van der Waals surface area contributed by atoms with E-state index in [-0.39, 0.29) is 0 Å². The van der Waals surface area contributed by atoms with E-state index >= 15 is 0 Å². The molecule has 3 nitrogen and oxygen atoms in total. The van der Waals surface area contributed by atoms with Gasteiger partial charge in [-0.3, -0.25) is 4.79 Å². The molecule has 0 spiro atoms. The molecule has 0 fully saturated rings. The molecule has 0 rings (SSSR count). The van der Waals surface area contributed by atoms with Gasteiger partial charge in [0.1, 0.15) is 5.92 Å². The zero-order chi connectivity index (χ0) is 8.69. The van der Waals surface area contributed by atoms with E-state index in [1.54, 1.807) is 6.08 Å². The van der Waals surface area contributed by atoms with Crippen molar-refractivity contribution in [2.24, 2.45) is 5.92 Å². The number of esters is 1. The molecule has 0 aromatic heterocycles. The second-order valence-corrected chi connectivity index (χ2v) is 2.07. The summed E-state index contributed by atoms with van der Waals surface area (Å²) in [4.78, 5) is 10.8. The van der Waals surface area contributed by atoms with Gasteiger partial charge in [-0.1, -0.05) is 6.08 Å². The zero-order valence-electron chi connectivity index (χ0n) is 6.54. The van der Waals surface area contributed by atoms with Gasteiger partial charge in [0.2, 0.25) is 0 Å². The zero-order valence-corrected chi connectivity index (χ0v) is 6.54. The molecule has 0 radical (unpaired) electrons. The number of rotatable bonds is 4. The Morgan fingerprint density at radius 1 is 1.91 bits per heavy atom. The standard InChI is InChI=1S/C8H11NO2/c1-3-4-5-7(6-9)8(10)11-2/h3,7H,1,4-5H2,2H3. The lowest BCUT2D eigenvalue weighted by molar-refractivity contribution is -0.143. The first-order valence-corrected chi connectivity index (χ1v) is 3.34. The molecular formula is C8H11NO2. The molecule has 11 heavy (non-hydrogen) atoms. The maximum Gasteiger partial charge on any atom is 0.323 e. The monoisotopic (exact) mass is 153 g/mol. The van der Waals surface area contributed by atoms with E-state index in [4.69, 9.17) is 5.26 Å². The van der Waals surface area contributed by atoms with Gasteiger partial charge in [-0.2, -0.15) is 5.26 Å². The lowest BCUT2D eigenvalue weighted by Gasteiger charge is -2.03. The third-order valence-electron chi connectivity index (χ3n) is 1.30. The minimum absolute atomic E-state index is 0.464. The van der Waals surface area contributed by atoms with Crippen LogP contribution in [-0.2, 0) is 9.53 Å². The van der Waals surface area contributed by atoms with Crippen molar-refractivity contribution in [1.82, 2.24) is 0 Å². The molecule has 0 N–H and O–H groups in total. The van der Waals surface area contributed by atoms with E-state index in [9.17, 15) is 4.79 Å². The molecular weight excluding hydrogens is 142 g/mol. The molecule has 60 valence electrons. The minimum atomic E-state index is -0.641. The van der Waals surface area contributed by atoms with E-state index in [2.05, 4.69) is 11.3 Å². The van der Waals surface area contributed by atoms with Crippen LogP contribution in [0.3, 0.4) is 0 Å². The first-order chi connectivity index (χ1) is 5.26. The summed E-state index contributed by atoms with van der Waals surface area (Å²) in [6.07, 6.45) is 2.83. The number of hydrogen-bond acceptors (Lipinski definition) is 3. The van der Waals surface area contributed by atoms with Crippen LogP contribution in [0.25, 0.3) is 0 Å². The summed E-state index contributed by atoms with van der Waals surface area (Å²) in [5.74, 6) is -1.10. The van der Waals surface area contributed by atoms with Crippen LogP contribution in [0.2, 0.25) is 0 Å². The number of carbonyl (C=O) groups excluding carboxylic acids is 1. The molecule has 0 aromatic rings. The lowest BCUT2D eigenvalue weighted by atomic mass is 10.1. The van der Waals surface area contributed by atoms with Crippen molar-refractivity contribution in [3.05, 3.63) is 12.7 Å². The molecule has 0 aliphatic carbocycles. The van der Waals surface area contributed by atoms with Gasteiger partial charge in [-0.15, -0.1) is 6.58 Å². The van der Waals surface area contributed by atoms with Crippen LogP contribution in [0.4, 0.5) is 0 Å². The summed E-state index contributed by atoms with van der Waals surface area (Å²) in [7, 11) is 1.28. The molecule has 0 saturated carbocycles. The molecule has 0 bridgehead atoms. The second kappa shape index (κ2) is 5.48. The van der Waals surface area contributed by atoms with Crippen molar-refractivity contribution in [1.29, 1.82) is 5.26 Å². The van der Waals surface area contributed by atoms with Crippen LogP contribution >= 0.6 is 0 Å². The van der Waals surface area contributed by atoms with Gasteiger partial charge in [-0.05, 0) is 12.8 Å². The van der Waals surface area contributed by atoms with Gasteiger partial charge < -0.3 is 4.74 Å². The van der Waals surface area contributed by atoms with E-state index in [1.165, 1.54) is 7.11 Å². The fourth-order valence-corrected chi connectivity index (χ4v) is 0.662. The van der Waals surface area contributed by atoms with Crippen molar-refractivity contribution in [3.8, 4) is 6.07 Å². The number of hydrogen-bond donors (Lipinski definition) is 0. The number of allylic oxidation sites excluding steroid dienone is 1. The minimum Gasteiger partial charge on any atom is -0.468 e. The highest BCUT2D eigenvalue weighted by atomic mass is 16.5. The van der Waals surface area contributed by atoms with Crippen molar-refractivity contribution < 1.29 is 9.53 Å². The van der Waals surface area contributed by atoms with Crippen LogP contribution in [0, 0.1) is 17.2 Å². The first-order valence-electron chi connectivity index (χ1n) is 3.34. The Morgan fingerprint density at radius 2 is 2.55 bits per heavy atom. The second-order valence-electron chi connectivity index (χ2n) is 2.07. The Balaban J connectivity index is 3.87. The molecule has 0 saturated heterocycles. The molecule has 1 unspecified atom stereocenters. The largest absolute Gasteiger partial charge is 0.468 e. The van der Waals surface area contributed by atoms with E-state index in [0.717, 1.165) is 0 Å². The van der Waals surface area contributed by atoms with Crippen LogP contribution in [0.1, 0.15) is 12.8 Å². The number of ether oxygens (including phenoxy) is 1. The number of methoxy groups -OCH3 is 1. The molecule has 0 aromatic carbocycles. The van der Waals surface area contributed by atoms with Crippen LogP contribution < -0.4 is 0 Å². The van der Waals surface area contributed by atoms with Crippen LogP contribution in [0.15, 0.2) is 12.7 Å². The first kappa shape index (κ1) is 9.70. The molecule has 0 amide bonds. The summed E-state index contributed by atoms with van der Waals surface area (Å²) in [6.45, 7) is 3.49. The summed E-state index contributed by atoms with van der Waals surface area (Å²) in [5, 5.41) is 8.47. The van der Waals surface area contributed by atoms with E-state index < -0.39 is 11.9 Å². The predicted octanol–water partition coefficient (Wildman–Crippen LogP) is 1.27. The normalized spacial score (nSPS) is 11.3. The number of nitriles is 1. The quantitative estimate of drug-likeness (QED) is 0.451. The Hall–Kier alpha value is -1.30.